The van der Waals surface area contributed by atoms with Gasteiger partial charge in [-0.2, -0.15) is 5.10 Å². The number of fused-ring (bicyclic) bond motifs is 1. The summed E-state index contributed by atoms with van der Waals surface area (Å²) in [5, 5.41) is 13.8. The summed E-state index contributed by atoms with van der Waals surface area (Å²) in [7, 11) is 0. The number of piperidine rings is 1. The Bertz CT molecular complexity index is 975. The normalized spacial score (nSPS) is 22.3. The summed E-state index contributed by atoms with van der Waals surface area (Å²) in [6.07, 6.45) is 4.81. The van der Waals surface area contributed by atoms with Gasteiger partial charge < -0.3 is 10.0 Å². The van der Waals surface area contributed by atoms with E-state index in [0.717, 1.165) is 49.8 Å². The number of likely N-dealkylation sites (tertiary alicyclic amines) is 1. The summed E-state index contributed by atoms with van der Waals surface area (Å²) >= 11 is 0. The van der Waals surface area contributed by atoms with E-state index in [2.05, 4.69) is 5.10 Å². The molecule has 1 aliphatic heterocycles. The van der Waals surface area contributed by atoms with Crippen LogP contribution in [0.15, 0.2) is 24.3 Å². The molecule has 1 aromatic carbocycles. The number of hydrogen-bond acceptors (Lipinski definition) is 3. The van der Waals surface area contributed by atoms with E-state index in [4.69, 9.17) is 0 Å². The van der Waals surface area contributed by atoms with E-state index in [9.17, 15) is 19.1 Å². The van der Waals surface area contributed by atoms with E-state index in [1.54, 1.807) is 21.7 Å². The average molecular weight is 383 g/mol. The van der Waals surface area contributed by atoms with Gasteiger partial charge in [-0.1, -0.05) is 6.07 Å². The van der Waals surface area contributed by atoms with Gasteiger partial charge >= 0.3 is 5.97 Å². The number of benzene rings is 1. The maximum absolute atomic E-state index is 13.7. The molecule has 7 heteroatoms. The molecular weight excluding hydrogens is 361 g/mol. The summed E-state index contributed by atoms with van der Waals surface area (Å²) in [4.78, 5) is 26.2. The number of halogens is 1. The molecule has 1 saturated carbocycles. The number of amides is 1. The third-order valence-corrected chi connectivity index (χ3v) is 6.72. The first-order chi connectivity index (χ1) is 13.5. The molecule has 6 nitrogen and oxygen atoms in total. The Morgan fingerprint density at radius 1 is 1.21 bits per heavy atom. The van der Waals surface area contributed by atoms with Crippen LogP contribution in [0.3, 0.4) is 0 Å². The van der Waals surface area contributed by atoms with Crippen molar-refractivity contribution in [1.82, 2.24) is 14.7 Å². The van der Waals surface area contributed by atoms with Crippen molar-refractivity contribution in [2.45, 2.75) is 38.5 Å². The highest BCUT2D eigenvalue weighted by atomic mass is 19.1. The van der Waals surface area contributed by atoms with Crippen molar-refractivity contribution in [1.29, 1.82) is 0 Å². The predicted octanol–water partition coefficient (Wildman–Crippen LogP) is 2.83. The monoisotopic (exact) mass is 383 g/mol. The lowest BCUT2D eigenvalue weighted by Gasteiger charge is -2.32. The van der Waals surface area contributed by atoms with Gasteiger partial charge in [-0.05, 0) is 62.1 Å². The molecule has 1 unspecified atom stereocenters. The van der Waals surface area contributed by atoms with Crippen LogP contribution in [0.5, 0.6) is 0 Å². The van der Waals surface area contributed by atoms with Crippen molar-refractivity contribution in [3.05, 3.63) is 47.0 Å². The van der Waals surface area contributed by atoms with Crippen LogP contribution in [-0.2, 0) is 17.6 Å². The van der Waals surface area contributed by atoms with Crippen molar-refractivity contribution < 1.29 is 19.1 Å². The van der Waals surface area contributed by atoms with Crippen molar-refractivity contribution in [3.63, 3.8) is 0 Å². The molecule has 5 rings (SSSR count). The first-order valence-electron chi connectivity index (χ1n) is 9.87. The van der Waals surface area contributed by atoms with E-state index in [1.165, 1.54) is 12.1 Å². The van der Waals surface area contributed by atoms with Gasteiger partial charge in [0.25, 0.3) is 5.91 Å². The fourth-order valence-corrected chi connectivity index (χ4v) is 4.98. The molecule has 2 fully saturated rings. The van der Waals surface area contributed by atoms with E-state index in [1.807, 2.05) is 0 Å². The molecule has 3 aliphatic rings. The Hall–Kier alpha value is -2.70. The van der Waals surface area contributed by atoms with Gasteiger partial charge in [-0.15, -0.1) is 0 Å². The Kier molecular flexibility index (Phi) is 3.82. The Labute approximate surface area is 162 Å². The molecule has 1 spiro atoms. The molecular formula is C21H22FN3O3. The lowest BCUT2D eigenvalue weighted by atomic mass is 9.90. The van der Waals surface area contributed by atoms with Crippen LogP contribution in [0.25, 0.3) is 5.69 Å². The number of nitrogens with zero attached hydrogens (tertiary/aromatic N) is 3. The van der Waals surface area contributed by atoms with Crippen molar-refractivity contribution in [2.75, 3.05) is 13.1 Å². The molecule has 2 aromatic rings. The lowest BCUT2D eigenvalue weighted by Crippen LogP contribution is -2.40. The van der Waals surface area contributed by atoms with Gasteiger partial charge in [-0.25, -0.2) is 9.07 Å². The van der Waals surface area contributed by atoms with Crippen molar-refractivity contribution in [3.8, 4) is 5.69 Å². The number of hydrogen-bond donors (Lipinski definition) is 1. The maximum Gasteiger partial charge on any atom is 0.307 e. The van der Waals surface area contributed by atoms with Gasteiger partial charge in [0, 0.05) is 24.3 Å². The first kappa shape index (κ1) is 17.4. The summed E-state index contributed by atoms with van der Waals surface area (Å²) in [6.45, 7) is 1.15. The van der Waals surface area contributed by atoms with Crippen LogP contribution >= 0.6 is 0 Å². The van der Waals surface area contributed by atoms with Crippen LogP contribution in [0.4, 0.5) is 4.39 Å². The Morgan fingerprint density at radius 3 is 2.68 bits per heavy atom. The number of aromatic nitrogens is 2. The lowest BCUT2D eigenvalue weighted by molar-refractivity contribution is -0.139. The van der Waals surface area contributed by atoms with Gasteiger partial charge in [0.2, 0.25) is 0 Å². The molecule has 28 heavy (non-hydrogen) atoms. The van der Waals surface area contributed by atoms with E-state index in [0.29, 0.717) is 24.5 Å². The molecule has 1 aromatic heterocycles. The fourth-order valence-electron chi connectivity index (χ4n) is 4.98. The number of carboxylic acids is 1. The predicted molar refractivity (Wildman–Crippen MR) is 98.9 cm³/mol. The molecule has 0 radical (unpaired) electrons. The summed E-state index contributed by atoms with van der Waals surface area (Å²) in [6, 6.07) is 6.27. The molecule has 146 valence electrons. The SMILES string of the molecule is O=C(O)C1CC12CCN(C(=O)c1nn(-c3cccc(F)c3)c3c1CCC3)CC2. The molecule has 1 saturated heterocycles. The second-order valence-corrected chi connectivity index (χ2v) is 8.27. The van der Waals surface area contributed by atoms with Gasteiger partial charge in [-0.3, -0.25) is 9.59 Å². The standard InChI is InChI=1S/C21H22FN3O3/c22-13-3-1-4-14(11-13)25-17-6-2-5-15(17)18(23-25)19(26)24-9-7-21(8-10-24)12-16(21)20(27)28/h1,3-4,11,16H,2,5-10,12H2,(H,27,28). The minimum atomic E-state index is -0.716. The Morgan fingerprint density at radius 2 is 2.00 bits per heavy atom. The third-order valence-electron chi connectivity index (χ3n) is 6.72. The third kappa shape index (κ3) is 2.64. The van der Waals surface area contributed by atoms with Crippen LogP contribution in [0, 0.1) is 17.2 Å². The van der Waals surface area contributed by atoms with Crippen LogP contribution < -0.4 is 0 Å². The van der Waals surface area contributed by atoms with Crippen molar-refractivity contribution >= 4 is 11.9 Å². The van der Waals surface area contributed by atoms with Crippen LogP contribution in [-0.4, -0.2) is 44.8 Å². The van der Waals surface area contributed by atoms with E-state index in [-0.39, 0.29) is 23.1 Å². The molecule has 1 atom stereocenters. The summed E-state index contributed by atoms with van der Waals surface area (Å²) in [5.41, 5.74) is 2.97. The summed E-state index contributed by atoms with van der Waals surface area (Å²) in [5.74, 6) is -1.38. The van der Waals surface area contributed by atoms with E-state index < -0.39 is 5.97 Å². The summed E-state index contributed by atoms with van der Waals surface area (Å²) < 4.78 is 15.4. The zero-order valence-corrected chi connectivity index (χ0v) is 15.5. The number of carbonyl (C=O) groups is 2. The molecule has 2 aliphatic carbocycles. The second-order valence-electron chi connectivity index (χ2n) is 8.27. The highest BCUT2D eigenvalue weighted by Crippen LogP contribution is 2.59. The fraction of sp³-hybridized carbons (Fsp3) is 0.476. The minimum absolute atomic E-state index is 0.0873. The molecule has 1 N–H and O–H groups in total. The second kappa shape index (κ2) is 6.15. The number of rotatable bonds is 3. The zero-order chi connectivity index (χ0) is 19.5. The van der Waals surface area contributed by atoms with Crippen LogP contribution in [0.2, 0.25) is 0 Å². The zero-order valence-electron chi connectivity index (χ0n) is 15.5. The molecule has 2 heterocycles. The minimum Gasteiger partial charge on any atom is -0.481 e. The first-order valence-corrected chi connectivity index (χ1v) is 9.87. The maximum atomic E-state index is 13.7. The highest BCUT2D eigenvalue weighted by Gasteiger charge is 2.59. The molecule has 1 amide bonds. The number of aliphatic carboxylic acids is 1. The van der Waals surface area contributed by atoms with Gasteiger partial charge in [0.15, 0.2) is 5.69 Å². The number of carbonyl (C=O) groups excluding carboxylic acids is 1. The number of carboxylic acid groups (broad SMARTS) is 1. The van der Waals surface area contributed by atoms with Crippen molar-refractivity contribution in [2.24, 2.45) is 11.3 Å². The van der Waals surface area contributed by atoms with Gasteiger partial charge in [0.05, 0.1) is 11.6 Å². The quantitative estimate of drug-likeness (QED) is 0.884. The highest BCUT2D eigenvalue weighted by molar-refractivity contribution is 5.94. The largest absolute Gasteiger partial charge is 0.481 e. The van der Waals surface area contributed by atoms with E-state index >= 15 is 0 Å². The smallest absolute Gasteiger partial charge is 0.307 e. The Balaban J connectivity index is 1.39. The average Bonchev–Trinajstić information content (AvgIpc) is 3.02. The van der Waals surface area contributed by atoms with Gasteiger partial charge in [0.1, 0.15) is 5.82 Å². The molecule has 0 bridgehead atoms. The van der Waals surface area contributed by atoms with Crippen LogP contribution in [0.1, 0.15) is 47.4 Å². The topological polar surface area (TPSA) is 75.4 Å².